The van der Waals surface area contributed by atoms with E-state index in [2.05, 4.69) is 15.5 Å². The number of carboxylic acid groups (broad SMARTS) is 1. The molecule has 1 aliphatic carbocycles. The number of hydrogen-bond acceptors (Lipinski definition) is 4. The maximum absolute atomic E-state index is 11.3. The van der Waals surface area contributed by atoms with E-state index in [-0.39, 0.29) is 20.9 Å². The van der Waals surface area contributed by atoms with Gasteiger partial charge in [-0.15, -0.1) is 0 Å². The van der Waals surface area contributed by atoms with Gasteiger partial charge in [-0.2, -0.15) is 5.10 Å². The number of fused-ring (bicyclic) bond motifs is 3. The molecule has 0 aliphatic heterocycles. The zero-order valence-electron chi connectivity index (χ0n) is 13.5. The number of nitrogens with zero attached hydrogens (tertiary/aromatic N) is 2. The predicted octanol–water partition coefficient (Wildman–Crippen LogP) is 5.58. The Kier molecular flexibility index (Phi) is 4.52. The van der Waals surface area contributed by atoms with E-state index in [1.54, 1.807) is 0 Å². The second-order valence-electron chi connectivity index (χ2n) is 5.72. The minimum atomic E-state index is -1.31. The van der Waals surface area contributed by atoms with E-state index in [4.69, 9.17) is 34.8 Å². The number of carboxylic acids is 1. The third kappa shape index (κ3) is 2.94. The quantitative estimate of drug-likeness (QED) is 0.336. The van der Waals surface area contributed by atoms with E-state index in [1.165, 1.54) is 0 Å². The first-order valence-corrected chi connectivity index (χ1v) is 8.93. The summed E-state index contributed by atoms with van der Waals surface area (Å²) in [5, 5.41) is 13.3. The Bertz CT molecular complexity index is 1080. The topological polar surface area (TPSA) is 74.6 Å². The molecule has 8 heteroatoms. The number of hydrogen-bond donors (Lipinski definition) is 2. The summed E-state index contributed by atoms with van der Waals surface area (Å²) < 4.78 is 0. The Hall–Kier alpha value is -2.60. The van der Waals surface area contributed by atoms with E-state index in [9.17, 15) is 9.90 Å². The number of pyridine rings is 1. The number of halogens is 3. The molecule has 0 spiro atoms. The highest BCUT2D eigenvalue weighted by Gasteiger charge is 2.25. The van der Waals surface area contributed by atoms with Crippen LogP contribution in [0.15, 0.2) is 53.6 Å². The lowest BCUT2D eigenvalue weighted by molar-refractivity contribution is 0.0691. The minimum absolute atomic E-state index is 0.00409. The predicted molar refractivity (Wildman–Crippen MR) is 107 cm³/mol. The van der Waals surface area contributed by atoms with Crippen LogP contribution >= 0.6 is 34.8 Å². The van der Waals surface area contributed by atoms with Crippen molar-refractivity contribution in [1.29, 1.82) is 0 Å². The van der Waals surface area contributed by atoms with Crippen molar-refractivity contribution in [2.75, 3.05) is 5.43 Å². The monoisotopic (exact) mass is 417 g/mol. The van der Waals surface area contributed by atoms with Crippen molar-refractivity contribution in [2.45, 2.75) is 0 Å². The van der Waals surface area contributed by atoms with Gasteiger partial charge in [0.25, 0.3) is 0 Å². The van der Waals surface area contributed by atoms with Crippen LogP contribution in [0.1, 0.15) is 21.6 Å². The van der Waals surface area contributed by atoms with Crippen molar-refractivity contribution in [3.05, 3.63) is 80.6 Å². The number of aromatic carboxylic acids is 1. The van der Waals surface area contributed by atoms with Crippen LogP contribution in [0.25, 0.3) is 11.1 Å². The van der Waals surface area contributed by atoms with Gasteiger partial charge in [-0.05, 0) is 11.1 Å². The summed E-state index contributed by atoms with van der Waals surface area (Å²) >= 11 is 18.2. The highest BCUT2D eigenvalue weighted by Crippen LogP contribution is 2.39. The molecule has 134 valence electrons. The molecule has 0 atom stereocenters. The SMILES string of the molecule is O=C(O)c1nc(Cl)c(Cl)c(NN=C2c3ccccc3-c3ccccc32)c1Cl. The van der Waals surface area contributed by atoms with Gasteiger partial charge in [-0.25, -0.2) is 9.78 Å². The van der Waals surface area contributed by atoms with Crippen LogP contribution < -0.4 is 5.43 Å². The lowest BCUT2D eigenvalue weighted by atomic mass is 10.1. The lowest BCUT2D eigenvalue weighted by Crippen LogP contribution is -2.07. The third-order valence-corrected chi connectivity index (χ3v) is 5.28. The van der Waals surface area contributed by atoms with Gasteiger partial charge in [-0.1, -0.05) is 83.3 Å². The molecule has 2 aromatic carbocycles. The largest absolute Gasteiger partial charge is 0.476 e. The van der Waals surface area contributed by atoms with Gasteiger partial charge in [0.15, 0.2) is 10.8 Å². The van der Waals surface area contributed by atoms with Crippen molar-refractivity contribution in [3.8, 4) is 11.1 Å². The molecule has 2 N–H and O–H groups in total. The second kappa shape index (κ2) is 6.85. The Morgan fingerprint density at radius 2 is 1.41 bits per heavy atom. The van der Waals surface area contributed by atoms with E-state index < -0.39 is 11.7 Å². The van der Waals surface area contributed by atoms with E-state index in [1.807, 2.05) is 48.5 Å². The summed E-state index contributed by atoms with van der Waals surface area (Å²) in [5.41, 5.74) is 7.16. The van der Waals surface area contributed by atoms with Gasteiger partial charge in [0.1, 0.15) is 10.0 Å². The first-order chi connectivity index (χ1) is 13.0. The van der Waals surface area contributed by atoms with Crippen molar-refractivity contribution >= 4 is 52.2 Å². The Labute approximate surface area is 169 Å². The molecule has 0 radical (unpaired) electrons. The number of aromatic nitrogens is 1. The second-order valence-corrected chi connectivity index (χ2v) is 6.84. The molecule has 1 aliphatic rings. The number of hydrazone groups is 1. The van der Waals surface area contributed by atoms with E-state index in [0.29, 0.717) is 5.71 Å². The molecule has 0 unspecified atom stereocenters. The number of anilines is 1. The third-order valence-electron chi connectivity index (χ3n) is 4.17. The molecule has 5 nitrogen and oxygen atoms in total. The average molecular weight is 419 g/mol. The van der Waals surface area contributed by atoms with Gasteiger partial charge in [-0.3, -0.25) is 5.43 Å². The maximum atomic E-state index is 11.3. The summed E-state index contributed by atoms with van der Waals surface area (Å²) in [6, 6.07) is 15.7. The van der Waals surface area contributed by atoms with Crippen LogP contribution in [0.5, 0.6) is 0 Å². The van der Waals surface area contributed by atoms with Gasteiger partial charge in [0.05, 0.1) is 11.4 Å². The number of carbonyl (C=O) groups is 1. The van der Waals surface area contributed by atoms with Crippen molar-refractivity contribution in [2.24, 2.45) is 5.10 Å². The van der Waals surface area contributed by atoms with E-state index in [0.717, 1.165) is 22.3 Å². The van der Waals surface area contributed by atoms with Gasteiger partial charge >= 0.3 is 5.97 Å². The zero-order valence-corrected chi connectivity index (χ0v) is 15.8. The summed E-state index contributed by atoms with van der Waals surface area (Å²) in [5.74, 6) is -1.31. The molecule has 3 aromatic rings. The average Bonchev–Trinajstić information content (AvgIpc) is 2.99. The van der Waals surface area contributed by atoms with Crippen LogP contribution in [0, 0.1) is 0 Å². The molecular weight excluding hydrogens is 409 g/mol. The van der Waals surface area contributed by atoms with Crippen LogP contribution in [-0.4, -0.2) is 21.8 Å². The lowest BCUT2D eigenvalue weighted by Gasteiger charge is -2.11. The summed E-state index contributed by atoms with van der Waals surface area (Å²) in [6.45, 7) is 0. The molecule has 1 heterocycles. The van der Waals surface area contributed by atoms with Gasteiger partial charge in [0.2, 0.25) is 0 Å². The molecular formula is C19H10Cl3N3O2. The molecule has 0 amide bonds. The Morgan fingerprint density at radius 1 is 0.889 bits per heavy atom. The summed E-state index contributed by atoms with van der Waals surface area (Å²) in [6.07, 6.45) is 0. The number of nitrogens with one attached hydrogen (secondary N) is 1. The van der Waals surface area contributed by atoms with Crippen LogP contribution in [0.4, 0.5) is 5.69 Å². The van der Waals surface area contributed by atoms with Crippen molar-refractivity contribution in [3.63, 3.8) is 0 Å². The fraction of sp³-hybridized carbons (Fsp3) is 0. The first kappa shape index (κ1) is 17.8. The highest BCUT2D eigenvalue weighted by molar-refractivity contribution is 6.46. The molecule has 27 heavy (non-hydrogen) atoms. The van der Waals surface area contributed by atoms with Crippen LogP contribution in [0.2, 0.25) is 15.2 Å². The summed E-state index contributed by atoms with van der Waals surface area (Å²) in [7, 11) is 0. The Morgan fingerprint density at radius 3 is 1.93 bits per heavy atom. The zero-order chi connectivity index (χ0) is 19.1. The first-order valence-electron chi connectivity index (χ1n) is 7.79. The van der Waals surface area contributed by atoms with Crippen LogP contribution in [0.3, 0.4) is 0 Å². The number of benzene rings is 2. The molecule has 4 rings (SSSR count). The highest BCUT2D eigenvalue weighted by atomic mass is 35.5. The van der Waals surface area contributed by atoms with E-state index >= 15 is 0 Å². The molecule has 0 bridgehead atoms. The maximum Gasteiger partial charge on any atom is 0.356 e. The van der Waals surface area contributed by atoms with Gasteiger partial charge < -0.3 is 5.11 Å². The smallest absolute Gasteiger partial charge is 0.356 e. The fourth-order valence-electron chi connectivity index (χ4n) is 2.98. The fourth-order valence-corrected chi connectivity index (χ4v) is 3.65. The number of rotatable bonds is 3. The van der Waals surface area contributed by atoms with Crippen molar-refractivity contribution < 1.29 is 9.90 Å². The van der Waals surface area contributed by atoms with Gasteiger partial charge in [0, 0.05) is 11.1 Å². The van der Waals surface area contributed by atoms with Crippen molar-refractivity contribution in [1.82, 2.24) is 4.98 Å². The molecule has 0 saturated heterocycles. The molecule has 0 fully saturated rings. The molecule has 1 aromatic heterocycles. The Balaban J connectivity index is 1.84. The summed E-state index contributed by atoms with van der Waals surface area (Å²) in [4.78, 5) is 15.0. The normalized spacial score (nSPS) is 11.7. The molecule has 0 saturated carbocycles. The minimum Gasteiger partial charge on any atom is -0.476 e. The van der Waals surface area contributed by atoms with Crippen LogP contribution in [-0.2, 0) is 0 Å². The standard InChI is InChI=1S/C19H10Cl3N3O2/c20-13-16(14(21)18(22)23-17(13)19(26)27)25-24-15-11-7-3-1-5-9(11)10-6-2-4-8-12(10)15/h1-8H,(H,23,25)(H,26,27).